The fourth-order valence-electron chi connectivity index (χ4n) is 2.39. The molecule has 6 nitrogen and oxygen atoms in total. The van der Waals surface area contributed by atoms with Crippen LogP contribution in [0.3, 0.4) is 0 Å². The molecule has 2 aromatic carbocycles. The first-order valence-corrected chi connectivity index (χ1v) is 8.51. The summed E-state index contributed by atoms with van der Waals surface area (Å²) in [6, 6.07) is 11.9. The minimum absolute atomic E-state index is 0.0372. The van der Waals surface area contributed by atoms with Crippen LogP contribution in [0.4, 0.5) is 15.8 Å². The number of nitrogens with one attached hydrogen (secondary N) is 2. The number of methoxy groups -OCH3 is 1. The quantitative estimate of drug-likeness (QED) is 0.667. The highest BCUT2D eigenvalue weighted by Gasteiger charge is 2.14. The number of para-hydroxylation sites is 1. The van der Waals surface area contributed by atoms with E-state index in [0.717, 1.165) is 0 Å². The van der Waals surface area contributed by atoms with Gasteiger partial charge in [-0.1, -0.05) is 23.7 Å². The minimum Gasteiger partial charge on any atom is -0.495 e. The van der Waals surface area contributed by atoms with Crippen LogP contribution < -0.4 is 15.4 Å². The van der Waals surface area contributed by atoms with Crippen LogP contribution >= 0.6 is 11.6 Å². The molecule has 0 saturated heterocycles. The van der Waals surface area contributed by atoms with Gasteiger partial charge in [0.15, 0.2) is 0 Å². The van der Waals surface area contributed by atoms with Crippen molar-refractivity contribution in [2.24, 2.45) is 0 Å². The fourth-order valence-corrected chi connectivity index (χ4v) is 2.65. The zero-order valence-electron chi connectivity index (χ0n) is 14.7. The summed E-state index contributed by atoms with van der Waals surface area (Å²) in [6.07, 6.45) is 2.61. The highest BCUT2D eigenvalue weighted by atomic mass is 35.5. The summed E-state index contributed by atoms with van der Waals surface area (Å²) in [5, 5.41) is 5.45. The highest BCUT2D eigenvalue weighted by molar-refractivity contribution is 6.32. The van der Waals surface area contributed by atoms with Crippen molar-refractivity contribution in [1.29, 1.82) is 0 Å². The van der Waals surface area contributed by atoms with E-state index in [9.17, 15) is 14.0 Å². The molecule has 0 radical (unpaired) electrons. The smallest absolute Gasteiger partial charge is 0.257 e. The average molecular weight is 400 g/mol. The number of hydrogen-bond acceptors (Lipinski definition) is 4. The molecular formula is C20H15ClFN3O3. The Bertz CT molecular complexity index is 1040. The van der Waals surface area contributed by atoms with Gasteiger partial charge in [0, 0.05) is 18.1 Å². The molecule has 0 atom stereocenters. The Balaban J connectivity index is 1.75. The van der Waals surface area contributed by atoms with E-state index < -0.39 is 17.6 Å². The van der Waals surface area contributed by atoms with Crippen molar-refractivity contribution in [1.82, 2.24) is 4.98 Å². The number of carbonyl (C=O) groups excluding carboxylic acids is 2. The van der Waals surface area contributed by atoms with Gasteiger partial charge < -0.3 is 15.4 Å². The van der Waals surface area contributed by atoms with Gasteiger partial charge in [-0.3, -0.25) is 14.6 Å². The lowest BCUT2D eigenvalue weighted by Crippen LogP contribution is -2.16. The topological polar surface area (TPSA) is 80.3 Å². The standard InChI is InChI=1S/C20H15ClFN3O3/c1-28-18-7-6-14(9-15(18)21)24-19(26)12-8-13(11-23-10-12)20(27)25-17-5-3-2-4-16(17)22/h2-11H,1H3,(H,24,26)(H,25,27). The molecule has 0 saturated carbocycles. The molecule has 0 unspecified atom stereocenters. The van der Waals surface area contributed by atoms with E-state index in [1.165, 1.54) is 43.8 Å². The van der Waals surface area contributed by atoms with E-state index in [0.29, 0.717) is 16.5 Å². The number of carbonyl (C=O) groups is 2. The summed E-state index contributed by atoms with van der Waals surface area (Å²) in [4.78, 5) is 28.7. The second-order valence-corrected chi connectivity index (χ2v) is 6.11. The Labute approximate surface area is 165 Å². The van der Waals surface area contributed by atoms with Gasteiger partial charge >= 0.3 is 0 Å². The van der Waals surface area contributed by atoms with Crippen molar-refractivity contribution in [2.75, 3.05) is 17.7 Å². The summed E-state index contributed by atoms with van der Waals surface area (Å²) in [6.45, 7) is 0. The van der Waals surface area contributed by atoms with Crippen LogP contribution in [0.25, 0.3) is 0 Å². The molecule has 2 amide bonds. The number of nitrogens with zero attached hydrogens (tertiary/aromatic N) is 1. The Hall–Kier alpha value is -3.45. The molecule has 0 spiro atoms. The third kappa shape index (κ3) is 4.44. The maximum absolute atomic E-state index is 13.7. The molecule has 2 N–H and O–H groups in total. The lowest BCUT2D eigenvalue weighted by molar-refractivity contribution is 0.102. The van der Waals surface area contributed by atoms with Gasteiger partial charge in [-0.2, -0.15) is 0 Å². The van der Waals surface area contributed by atoms with Gasteiger partial charge in [0.1, 0.15) is 11.6 Å². The molecule has 28 heavy (non-hydrogen) atoms. The van der Waals surface area contributed by atoms with Crippen molar-refractivity contribution in [3.05, 3.63) is 82.9 Å². The predicted molar refractivity (Wildman–Crippen MR) is 105 cm³/mol. The third-order valence-electron chi connectivity index (χ3n) is 3.79. The first-order chi connectivity index (χ1) is 13.5. The van der Waals surface area contributed by atoms with E-state index in [4.69, 9.17) is 16.3 Å². The number of ether oxygens (including phenoxy) is 1. The largest absolute Gasteiger partial charge is 0.495 e. The minimum atomic E-state index is -0.584. The zero-order chi connectivity index (χ0) is 20.1. The van der Waals surface area contributed by atoms with Crippen molar-refractivity contribution in [3.63, 3.8) is 0 Å². The van der Waals surface area contributed by atoms with E-state index in [1.54, 1.807) is 24.3 Å². The molecule has 142 valence electrons. The van der Waals surface area contributed by atoms with E-state index in [1.807, 2.05) is 0 Å². The molecule has 1 heterocycles. The Kier molecular flexibility index (Phi) is 5.86. The van der Waals surface area contributed by atoms with Crippen LogP contribution in [0.1, 0.15) is 20.7 Å². The van der Waals surface area contributed by atoms with Crippen molar-refractivity contribution >= 4 is 34.8 Å². The molecule has 3 aromatic rings. The molecule has 0 aliphatic carbocycles. The number of halogens is 2. The van der Waals surface area contributed by atoms with Gasteiger partial charge in [-0.25, -0.2) is 4.39 Å². The maximum atomic E-state index is 13.7. The van der Waals surface area contributed by atoms with Gasteiger partial charge in [-0.05, 0) is 36.4 Å². The van der Waals surface area contributed by atoms with Crippen LogP contribution in [0.2, 0.25) is 5.02 Å². The van der Waals surface area contributed by atoms with Gasteiger partial charge in [-0.15, -0.1) is 0 Å². The monoisotopic (exact) mass is 399 g/mol. The van der Waals surface area contributed by atoms with Crippen LogP contribution in [0.15, 0.2) is 60.9 Å². The summed E-state index contributed by atoms with van der Waals surface area (Å²) in [5.74, 6) is -1.14. The van der Waals surface area contributed by atoms with E-state index >= 15 is 0 Å². The van der Waals surface area contributed by atoms with Crippen molar-refractivity contribution in [3.8, 4) is 5.75 Å². The number of aromatic nitrogens is 1. The maximum Gasteiger partial charge on any atom is 0.257 e. The third-order valence-corrected chi connectivity index (χ3v) is 4.09. The fraction of sp³-hybridized carbons (Fsp3) is 0.0500. The highest BCUT2D eigenvalue weighted by Crippen LogP contribution is 2.27. The number of anilines is 2. The molecule has 0 aliphatic heterocycles. The van der Waals surface area contributed by atoms with Gasteiger partial charge in [0.2, 0.25) is 0 Å². The SMILES string of the molecule is COc1ccc(NC(=O)c2cncc(C(=O)Nc3ccccc3F)c2)cc1Cl. The molecule has 1 aromatic heterocycles. The number of pyridine rings is 1. The Morgan fingerprint density at radius 3 is 2.32 bits per heavy atom. The first kappa shape index (κ1) is 19.3. The number of amides is 2. The lowest BCUT2D eigenvalue weighted by Gasteiger charge is -2.09. The van der Waals surface area contributed by atoms with E-state index in [-0.39, 0.29) is 16.8 Å². The molecule has 3 rings (SSSR count). The van der Waals surface area contributed by atoms with E-state index in [2.05, 4.69) is 15.6 Å². The predicted octanol–water partition coefficient (Wildman–Crippen LogP) is 4.39. The van der Waals surface area contributed by atoms with Gasteiger partial charge in [0.05, 0.1) is 28.9 Å². The second kappa shape index (κ2) is 8.49. The molecule has 0 aliphatic rings. The molecule has 8 heteroatoms. The van der Waals surface area contributed by atoms with Crippen molar-refractivity contribution < 1.29 is 18.7 Å². The second-order valence-electron chi connectivity index (χ2n) is 5.70. The zero-order valence-corrected chi connectivity index (χ0v) is 15.5. The Morgan fingerprint density at radius 2 is 1.68 bits per heavy atom. The summed E-state index contributed by atoms with van der Waals surface area (Å²) in [5.41, 5.74) is 0.768. The van der Waals surface area contributed by atoms with Crippen LogP contribution in [0, 0.1) is 5.82 Å². The normalized spacial score (nSPS) is 10.2. The first-order valence-electron chi connectivity index (χ1n) is 8.14. The van der Waals surface area contributed by atoms with Crippen LogP contribution in [-0.2, 0) is 0 Å². The summed E-state index contributed by atoms with van der Waals surface area (Å²) >= 11 is 6.04. The number of hydrogen-bond donors (Lipinski definition) is 2. The summed E-state index contributed by atoms with van der Waals surface area (Å²) < 4.78 is 18.8. The van der Waals surface area contributed by atoms with Gasteiger partial charge in [0.25, 0.3) is 11.8 Å². The van der Waals surface area contributed by atoms with Crippen LogP contribution in [0.5, 0.6) is 5.75 Å². The molecular weight excluding hydrogens is 385 g/mol. The molecule has 0 bridgehead atoms. The van der Waals surface area contributed by atoms with Crippen molar-refractivity contribution in [2.45, 2.75) is 0 Å². The summed E-state index contributed by atoms with van der Waals surface area (Å²) in [7, 11) is 1.49. The average Bonchev–Trinajstić information content (AvgIpc) is 2.70. The number of benzene rings is 2. The molecule has 0 fully saturated rings. The Morgan fingerprint density at radius 1 is 1.00 bits per heavy atom. The van der Waals surface area contributed by atoms with Crippen LogP contribution in [-0.4, -0.2) is 23.9 Å². The lowest BCUT2D eigenvalue weighted by atomic mass is 10.1. The number of rotatable bonds is 5.